The number of carbonyl (C=O) groups is 2. The van der Waals surface area contributed by atoms with Crippen molar-refractivity contribution >= 4 is 23.2 Å². The zero-order valence-electron chi connectivity index (χ0n) is 17.0. The van der Waals surface area contributed by atoms with Crippen LogP contribution in [0.2, 0.25) is 0 Å². The van der Waals surface area contributed by atoms with Gasteiger partial charge in [-0.1, -0.05) is 30.3 Å². The maximum atomic E-state index is 12.8. The number of aryl methyl sites for hydroxylation is 1. The summed E-state index contributed by atoms with van der Waals surface area (Å²) in [5.41, 5.74) is 1.62. The Morgan fingerprint density at radius 2 is 1.93 bits per heavy atom. The van der Waals surface area contributed by atoms with E-state index in [1.54, 1.807) is 21.2 Å². The van der Waals surface area contributed by atoms with Crippen LogP contribution in [0.4, 0.5) is 0 Å². The quantitative estimate of drug-likeness (QED) is 0.579. The molecule has 2 aromatic heterocycles. The molecule has 0 aliphatic heterocycles. The third-order valence-corrected chi connectivity index (χ3v) is 5.18. The molecule has 2 heterocycles. The average molecular weight is 413 g/mol. The average Bonchev–Trinajstić information content (AvgIpc) is 3.33. The van der Waals surface area contributed by atoms with Gasteiger partial charge in [-0.15, -0.1) is 11.3 Å². The second kappa shape index (κ2) is 8.57. The Hall–Kier alpha value is -3.00. The summed E-state index contributed by atoms with van der Waals surface area (Å²) in [6.07, 6.45) is 3.50. The molecule has 8 heteroatoms. The van der Waals surface area contributed by atoms with Crippen molar-refractivity contribution in [3.05, 3.63) is 59.4 Å². The minimum atomic E-state index is -0.613. The summed E-state index contributed by atoms with van der Waals surface area (Å²) in [4.78, 5) is 31.1. The maximum absolute atomic E-state index is 12.8. The van der Waals surface area contributed by atoms with Crippen LogP contribution in [0.5, 0.6) is 0 Å². The molecule has 0 bridgehead atoms. The summed E-state index contributed by atoms with van der Waals surface area (Å²) < 4.78 is 6.92. The topological polar surface area (TPSA) is 77.3 Å². The van der Waals surface area contributed by atoms with E-state index in [1.165, 1.54) is 11.3 Å². The van der Waals surface area contributed by atoms with E-state index in [2.05, 4.69) is 10.1 Å². The summed E-state index contributed by atoms with van der Waals surface area (Å²) in [7, 11) is 1.81. The van der Waals surface area contributed by atoms with Crippen LogP contribution >= 0.6 is 11.3 Å². The minimum Gasteiger partial charge on any atom is -0.451 e. The molecule has 0 aliphatic rings. The van der Waals surface area contributed by atoms with Gasteiger partial charge in [-0.3, -0.25) is 9.48 Å². The highest BCUT2D eigenvalue weighted by Crippen LogP contribution is 2.23. The first kappa shape index (κ1) is 20.7. The van der Waals surface area contributed by atoms with Crippen LogP contribution in [-0.2, 0) is 23.1 Å². The Morgan fingerprint density at radius 1 is 1.21 bits per heavy atom. The van der Waals surface area contributed by atoms with E-state index in [0.717, 1.165) is 11.1 Å². The predicted molar refractivity (Wildman–Crippen MR) is 111 cm³/mol. The molecule has 0 saturated heterocycles. The third-order valence-electron chi connectivity index (χ3n) is 4.29. The Bertz CT molecular complexity index is 989. The van der Waals surface area contributed by atoms with Gasteiger partial charge in [-0.25, -0.2) is 9.78 Å². The molecule has 0 unspecified atom stereocenters. The standard InChI is InChI=1S/C21H24N4O3S/c1-21(2,3)25(11-15-8-6-5-7-9-15)18(26)13-28-20(27)17-14-29-19(23-17)16-10-22-24(4)12-16/h5-10,12,14H,11,13H2,1-4H3. The number of hydrogen-bond donors (Lipinski definition) is 0. The van der Waals surface area contributed by atoms with Crippen LogP contribution < -0.4 is 0 Å². The van der Waals surface area contributed by atoms with E-state index in [4.69, 9.17) is 4.74 Å². The lowest BCUT2D eigenvalue weighted by Gasteiger charge is -2.35. The zero-order valence-corrected chi connectivity index (χ0v) is 17.8. The predicted octanol–water partition coefficient (Wildman–Crippen LogP) is 3.53. The van der Waals surface area contributed by atoms with Crippen molar-refractivity contribution in [2.45, 2.75) is 32.9 Å². The number of aromatic nitrogens is 3. The van der Waals surface area contributed by atoms with Crippen LogP contribution in [0, 0.1) is 0 Å². The van der Waals surface area contributed by atoms with E-state index in [-0.39, 0.29) is 18.2 Å². The summed E-state index contributed by atoms with van der Waals surface area (Å²) in [6.45, 7) is 5.98. The summed E-state index contributed by atoms with van der Waals surface area (Å²) in [5, 5.41) is 6.40. The van der Waals surface area contributed by atoms with Gasteiger partial charge in [-0.2, -0.15) is 5.10 Å². The lowest BCUT2D eigenvalue weighted by Crippen LogP contribution is -2.46. The molecule has 0 aliphatic carbocycles. The molecule has 0 N–H and O–H groups in total. The summed E-state index contributed by atoms with van der Waals surface area (Å²) in [6, 6.07) is 9.73. The van der Waals surface area contributed by atoms with Gasteiger partial charge in [-0.05, 0) is 26.3 Å². The Labute approximate surface area is 173 Å². The fourth-order valence-electron chi connectivity index (χ4n) is 2.78. The van der Waals surface area contributed by atoms with Gasteiger partial charge in [0.05, 0.1) is 6.20 Å². The highest BCUT2D eigenvalue weighted by atomic mass is 32.1. The number of nitrogens with zero attached hydrogens (tertiary/aromatic N) is 4. The number of thiazole rings is 1. The van der Waals surface area contributed by atoms with Crippen molar-refractivity contribution in [3.8, 4) is 10.6 Å². The second-order valence-corrected chi connectivity index (χ2v) is 8.51. The first-order valence-corrected chi connectivity index (χ1v) is 10.1. The molecule has 3 aromatic rings. The zero-order chi connectivity index (χ0) is 21.0. The lowest BCUT2D eigenvalue weighted by molar-refractivity contribution is -0.140. The SMILES string of the molecule is Cn1cc(-c2nc(C(=O)OCC(=O)N(Cc3ccccc3)C(C)(C)C)cs2)cn1. The highest BCUT2D eigenvalue weighted by Gasteiger charge is 2.27. The molecule has 3 rings (SSSR count). The van der Waals surface area contributed by atoms with E-state index in [9.17, 15) is 9.59 Å². The van der Waals surface area contributed by atoms with E-state index >= 15 is 0 Å². The molecule has 1 aromatic carbocycles. The number of rotatable bonds is 6. The van der Waals surface area contributed by atoms with Gasteiger partial charge in [0.25, 0.3) is 5.91 Å². The van der Waals surface area contributed by atoms with Gasteiger partial charge < -0.3 is 9.64 Å². The Balaban J connectivity index is 1.63. The van der Waals surface area contributed by atoms with Crippen molar-refractivity contribution in [3.63, 3.8) is 0 Å². The largest absolute Gasteiger partial charge is 0.451 e. The van der Waals surface area contributed by atoms with Gasteiger partial charge in [0.1, 0.15) is 5.01 Å². The van der Waals surface area contributed by atoms with Gasteiger partial charge in [0, 0.05) is 36.3 Å². The summed E-state index contributed by atoms with van der Waals surface area (Å²) in [5.74, 6) is -0.865. The number of esters is 1. The smallest absolute Gasteiger partial charge is 0.358 e. The van der Waals surface area contributed by atoms with Crippen molar-refractivity contribution in [1.29, 1.82) is 0 Å². The molecule has 7 nitrogen and oxygen atoms in total. The number of ether oxygens (including phenoxy) is 1. The minimum absolute atomic E-state index is 0.187. The Kier molecular flexibility index (Phi) is 6.12. The van der Waals surface area contributed by atoms with Crippen LogP contribution in [0.15, 0.2) is 48.1 Å². The first-order valence-electron chi connectivity index (χ1n) is 9.20. The molecule has 0 spiro atoms. The number of benzene rings is 1. The molecule has 152 valence electrons. The van der Waals surface area contributed by atoms with E-state index in [0.29, 0.717) is 11.6 Å². The van der Waals surface area contributed by atoms with Crippen LogP contribution in [0.1, 0.15) is 36.8 Å². The number of hydrogen-bond acceptors (Lipinski definition) is 6. The van der Waals surface area contributed by atoms with Crippen molar-refractivity contribution < 1.29 is 14.3 Å². The van der Waals surface area contributed by atoms with Gasteiger partial charge in [0.15, 0.2) is 12.3 Å². The van der Waals surface area contributed by atoms with E-state index < -0.39 is 11.5 Å². The van der Waals surface area contributed by atoms with Crippen molar-refractivity contribution in [1.82, 2.24) is 19.7 Å². The number of carbonyl (C=O) groups excluding carboxylic acids is 2. The fraction of sp³-hybridized carbons (Fsp3) is 0.333. The lowest BCUT2D eigenvalue weighted by atomic mass is 10.0. The van der Waals surface area contributed by atoms with Crippen LogP contribution in [-0.4, -0.2) is 43.7 Å². The number of amides is 1. The Morgan fingerprint density at radius 3 is 2.55 bits per heavy atom. The third kappa shape index (κ3) is 5.29. The fourth-order valence-corrected chi connectivity index (χ4v) is 3.54. The van der Waals surface area contributed by atoms with Crippen LogP contribution in [0.25, 0.3) is 10.6 Å². The molecule has 0 atom stereocenters. The van der Waals surface area contributed by atoms with Gasteiger partial charge in [0.2, 0.25) is 0 Å². The highest BCUT2D eigenvalue weighted by molar-refractivity contribution is 7.13. The molecule has 1 amide bonds. The normalized spacial score (nSPS) is 11.3. The molecule has 0 radical (unpaired) electrons. The monoisotopic (exact) mass is 412 g/mol. The molecule has 29 heavy (non-hydrogen) atoms. The molecule has 0 fully saturated rings. The van der Waals surface area contributed by atoms with Gasteiger partial charge >= 0.3 is 5.97 Å². The molecular weight excluding hydrogens is 388 g/mol. The maximum Gasteiger partial charge on any atom is 0.358 e. The molecular formula is C21H24N4O3S. The summed E-state index contributed by atoms with van der Waals surface area (Å²) >= 11 is 1.33. The van der Waals surface area contributed by atoms with E-state index in [1.807, 2.05) is 64.3 Å². The van der Waals surface area contributed by atoms with Crippen molar-refractivity contribution in [2.24, 2.45) is 7.05 Å². The molecule has 0 saturated carbocycles. The second-order valence-electron chi connectivity index (χ2n) is 7.65. The first-order chi connectivity index (χ1) is 13.7. The van der Waals surface area contributed by atoms with Crippen LogP contribution in [0.3, 0.4) is 0 Å². The van der Waals surface area contributed by atoms with Crippen molar-refractivity contribution in [2.75, 3.05) is 6.61 Å².